The minimum Gasteiger partial charge on any atom is -0.378 e. The average Bonchev–Trinajstić information content (AvgIpc) is 2.23. The molecule has 0 saturated carbocycles. The van der Waals surface area contributed by atoms with E-state index in [0.29, 0.717) is 13.0 Å². The monoisotopic (exact) mass is 252 g/mol. The summed E-state index contributed by atoms with van der Waals surface area (Å²) < 4.78 is 37.1. The van der Waals surface area contributed by atoms with Crippen LogP contribution in [0.1, 0.15) is 12.8 Å². The van der Waals surface area contributed by atoms with E-state index in [4.69, 9.17) is 0 Å². The summed E-state index contributed by atoms with van der Waals surface area (Å²) in [6, 6.07) is 0. The molecule has 2 N–H and O–H groups in total. The number of β-amino-alcohol motifs (C(OH)–C–C–N with tert-alkyl or cyclic N) is 1. The smallest absolute Gasteiger partial charge is 0.378 e. The predicted molar refractivity (Wildman–Crippen MR) is 53.2 cm³/mol. The second-order valence-corrected chi connectivity index (χ2v) is 4.77. The van der Waals surface area contributed by atoms with E-state index < -0.39 is 24.9 Å². The average molecular weight is 252 g/mol. The van der Waals surface area contributed by atoms with Gasteiger partial charge in [0.05, 0.1) is 19.0 Å². The van der Waals surface area contributed by atoms with E-state index in [-0.39, 0.29) is 11.8 Å². The molecule has 2 rings (SSSR count). The Balaban J connectivity index is 1.89. The number of amides is 1. The summed E-state index contributed by atoms with van der Waals surface area (Å²) >= 11 is 0. The van der Waals surface area contributed by atoms with Crippen LogP contribution in [0.4, 0.5) is 13.2 Å². The Hall–Kier alpha value is -0.820. The highest BCUT2D eigenvalue weighted by atomic mass is 19.4. The van der Waals surface area contributed by atoms with E-state index in [2.05, 4.69) is 5.32 Å². The number of hydrogen-bond acceptors (Lipinski definition) is 3. The number of alkyl halides is 3. The fourth-order valence-electron chi connectivity index (χ4n) is 2.24. The van der Waals surface area contributed by atoms with Gasteiger partial charge in [0.1, 0.15) is 0 Å². The van der Waals surface area contributed by atoms with Crippen LogP contribution in [0.5, 0.6) is 0 Å². The van der Waals surface area contributed by atoms with Crippen LogP contribution in [0.3, 0.4) is 0 Å². The molecule has 4 nitrogen and oxygen atoms in total. The molecule has 2 saturated heterocycles. The third-order valence-electron chi connectivity index (χ3n) is 3.39. The third kappa shape index (κ3) is 2.26. The summed E-state index contributed by atoms with van der Waals surface area (Å²) in [6.07, 6.45) is -3.10. The lowest BCUT2D eigenvalue weighted by atomic mass is 9.89. The summed E-state index contributed by atoms with van der Waals surface area (Å²) in [7, 11) is 0. The maximum atomic E-state index is 12.4. The molecule has 0 aromatic heterocycles. The van der Waals surface area contributed by atoms with Crippen LogP contribution in [0, 0.1) is 5.92 Å². The molecule has 0 bridgehead atoms. The molecule has 0 spiro atoms. The number of piperidine rings is 1. The molecule has 0 aromatic rings. The first-order valence-electron chi connectivity index (χ1n) is 5.62. The van der Waals surface area contributed by atoms with Crippen LogP contribution in [-0.2, 0) is 4.79 Å². The Morgan fingerprint density at radius 1 is 1.41 bits per heavy atom. The standard InChI is InChI=1S/C10H15F3N2O2/c11-10(12,13)9(17)5-15(6-9)8(16)7-2-1-3-14-4-7/h7,14,17H,1-6H2/t7-/m0/s1. The molecule has 17 heavy (non-hydrogen) atoms. The normalized spacial score (nSPS) is 28.7. The quantitative estimate of drug-likeness (QED) is 0.697. The molecule has 0 aliphatic carbocycles. The molecule has 1 amide bonds. The zero-order valence-electron chi connectivity index (χ0n) is 9.26. The van der Waals surface area contributed by atoms with Gasteiger partial charge in [0.25, 0.3) is 0 Å². The molecule has 7 heteroatoms. The Bertz CT molecular complexity index is 307. The number of nitrogens with zero attached hydrogens (tertiary/aromatic N) is 1. The van der Waals surface area contributed by atoms with Crippen LogP contribution in [-0.4, -0.2) is 53.9 Å². The van der Waals surface area contributed by atoms with Gasteiger partial charge in [-0.3, -0.25) is 4.79 Å². The number of carbonyl (C=O) groups is 1. The highest BCUT2D eigenvalue weighted by Crippen LogP contribution is 2.38. The van der Waals surface area contributed by atoms with Gasteiger partial charge in [-0.2, -0.15) is 13.2 Å². The summed E-state index contributed by atoms with van der Waals surface area (Å²) in [5, 5.41) is 12.3. The van der Waals surface area contributed by atoms with Gasteiger partial charge >= 0.3 is 6.18 Å². The first-order chi connectivity index (χ1) is 7.83. The highest BCUT2D eigenvalue weighted by Gasteiger charge is 2.62. The molecule has 2 heterocycles. The second-order valence-electron chi connectivity index (χ2n) is 4.77. The van der Waals surface area contributed by atoms with Crippen molar-refractivity contribution in [3.05, 3.63) is 0 Å². The summed E-state index contributed by atoms with van der Waals surface area (Å²) in [4.78, 5) is 12.9. The molecule has 0 aromatic carbocycles. The number of carbonyl (C=O) groups excluding carboxylic acids is 1. The van der Waals surface area contributed by atoms with Crippen molar-refractivity contribution in [1.82, 2.24) is 10.2 Å². The lowest BCUT2D eigenvalue weighted by molar-refractivity contribution is -0.298. The summed E-state index contributed by atoms with van der Waals surface area (Å²) in [5.74, 6) is -0.535. The van der Waals surface area contributed by atoms with Crippen LogP contribution in [0.15, 0.2) is 0 Å². The molecule has 2 aliphatic rings. The topological polar surface area (TPSA) is 52.6 Å². The van der Waals surface area contributed by atoms with Crippen molar-refractivity contribution in [1.29, 1.82) is 0 Å². The van der Waals surface area contributed by atoms with Gasteiger partial charge in [0.2, 0.25) is 5.91 Å². The fourth-order valence-corrected chi connectivity index (χ4v) is 2.24. The molecule has 0 radical (unpaired) electrons. The number of hydrogen-bond donors (Lipinski definition) is 2. The van der Waals surface area contributed by atoms with Gasteiger partial charge < -0.3 is 15.3 Å². The molecule has 0 unspecified atom stereocenters. The van der Waals surface area contributed by atoms with Crippen molar-refractivity contribution in [2.45, 2.75) is 24.6 Å². The lowest BCUT2D eigenvalue weighted by Gasteiger charge is -2.48. The molecule has 1 atom stereocenters. The van der Waals surface area contributed by atoms with E-state index in [0.717, 1.165) is 17.9 Å². The van der Waals surface area contributed by atoms with Crippen LogP contribution in [0.25, 0.3) is 0 Å². The first-order valence-corrected chi connectivity index (χ1v) is 5.62. The number of halogens is 3. The molecule has 2 fully saturated rings. The number of likely N-dealkylation sites (tertiary alicyclic amines) is 1. The van der Waals surface area contributed by atoms with Gasteiger partial charge in [0, 0.05) is 6.54 Å². The van der Waals surface area contributed by atoms with Crippen LogP contribution in [0.2, 0.25) is 0 Å². The highest BCUT2D eigenvalue weighted by molar-refractivity contribution is 5.80. The van der Waals surface area contributed by atoms with Gasteiger partial charge in [0.15, 0.2) is 5.60 Å². The summed E-state index contributed by atoms with van der Waals surface area (Å²) in [6.45, 7) is 0.0910. The van der Waals surface area contributed by atoms with E-state index in [9.17, 15) is 23.1 Å². The van der Waals surface area contributed by atoms with Crippen molar-refractivity contribution in [2.24, 2.45) is 5.92 Å². The zero-order valence-corrected chi connectivity index (χ0v) is 9.26. The van der Waals surface area contributed by atoms with Crippen molar-refractivity contribution in [3.63, 3.8) is 0 Å². The zero-order chi connectivity index (χ0) is 12.7. The van der Waals surface area contributed by atoms with Gasteiger partial charge in [-0.05, 0) is 19.4 Å². The number of rotatable bonds is 1. The third-order valence-corrected chi connectivity index (χ3v) is 3.39. The van der Waals surface area contributed by atoms with Crippen molar-refractivity contribution in [3.8, 4) is 0 Å². The molecular weight excluding hydrogens is 237 g/mol. The lowest BCUT2D eigenvalue weighted by Crippen LogP contribution is -2.71. The number of nitrogens with one attached hydrogen (secondary N) is 1. The second kappa shape index (κ2) is 4.13. The van der Waals surface area contributed by atoms with Crippen molar-refractivity contribution in [2.75, 3.05) is 26.2 Å². The molecule has 2 aliphatic heterocycles. The van der Waals surface area contributed by atoms with Crippen LogP contribution < -0.4 is 5.32 Å². The molecule has 98 valence electrons. The fraction of sp³-hybridized carbons (Fsp3) is 0.900. The Morgan fingerprint density at radius 3 is 2.53 bits per heavy atom. The first kappa shape index (κ1) is 12.6. The van der Waals surface area contributed by atoms with Gasteiger partial charge in [-0.1, -0.05) is 0 Å². The van der Waals surface area contributed by atoms with Crippen molar-refractivity contribution < 1.29 is 23.1 Å². The van der Waals surface area contributed by atoms with Gasteiger partial charge in [-0.25, -0.2) is 0 Å². The van der Waals surface area contributed by atoms with E-state index in [1.54, 1.807) is 0 Å². The minimum atomic E-state index is -4.66. The van der Waals surface area contributed by atoms with Crippen LogP contribution >= 0.6 is 0 Å². The Kier molecular flexibility index (Phi) is 3.07. The van der Waals surface area contributed by atoms with E-state index in [1.165, 1.54) is 0 Å². The predicted octanol–water partition coefficient (Wildman–Crippen LogP) is 0.122. The maximum absolute atomic E-state index is 12.4. The molecular formula is C10H15F3N2O2. The SMILES string of the molecule is O=C([C@H]1CCCNC1)N1CC(O)(C(F)(F)F)C1. The maximum Gasteiger partial charge on any atom is 0.420 e. The van der Waals surface area contributed by atoms with Crippen molar-refractivity contribution >= 4 is 5.91 Å². The Labute approximate surface area is 96.8 Å². The van der Waals surface area contributed by atoms with E-state index in [1.807, 2.05) is 0 Å². The Morgan fingerprint density at radius 2 is 2.06 bits per heavy atom. The van der Waals surface area contributed by atoms with Gasteiger partial charge in [-0.15, -0.1) is 0 Å². The largest absolute Gasteiger partial charge is 0.420 e. The van der Waals surface area contributed by atoms with E-state index >= 15 is 0 Å². The summed E-state index contributed by atoms with van der Waals surface area (Å²) in [5.41, 5.74) is -2.70. The number of aliphatic hydroxyl groups is 1. The minimum absolute atomic E-state index is 0.249.